The van der Waals surface area contributed by atoms with Crippen LogP contribution in [0.4, 0.5) is 4.39 Å². The highest BCUT2D eigenvalue weighted by molar-refractivity contribution is 6.35. The predicted molar refractivity (Wildman–Crippen MR) is 100 cm³/mol. The van der Waals surface area contributed by atoms with Crippen molar-refractivity contribution in [3.63, 3.8) is 0 Å². The van der Waals surface area contributed by atoms with Gasteiger partial charge in [-0.15, -0.1) is 0 Å². The lowest BCUT2D eigenvalue weighted by Gasteiger charge is -2.36. The molecule has 0 atom stereocenters. The van der Waals surface area contributed by atoms with Crippen LogP contribution in [-0.2, 0) is 23.2 Å². The molecule has 0 N–H and O–H groups in total. The predicted octanol–water partition coefficient (Wildman–Crippen LogP) is 5.65. The highest BCUT2D eigenvalue weighted by atomic mass is 35.5. The maximum atomic E-state index is 14.4. The summed E-state index contributed by atoms with van der Waals surface area (Å²) in [6.07, 6.45) is 0.662. The highest BCUT2D eigenvalue weighted by Crippen LogP contribution is 2.35. The van der Waals surface area contributed by atoms with Gasteiger partial charge in [-0.2, -0.15) is 0 Å². The summed E-state index contributed by atoms with van der Waals surface area (Å²) in [6.45, 7) is 4.34. The Morgan fingerprint density at radius 3 is 2.60 bits per heavy atom. The Balaban J connectivity index is 1.92. The van der Waals surface area contributed by atoms with Gasteiger partial charge < -0.3 is 4.90 Å². The first-order valence-corrected chi connectivity index (χ1v) is 9.06. The van der Waals surface area contributed by atoms with Gasteiger partial charge in [0.25, 0.3) is 0 Å². The van der Waals surface area contributed by atoms with Gasteiger partial charge in [-0.25, -0.2) is 4.39 Å². The number of amides is 1. The molecule has 2 aromatic rings. The monoisotopic (exact) mass is 399 g/mol. The minimum atomic E-state index is -1.04. The van der Waals surface area contributed by atoms with Crippen LogP contribution in [0.2, 0.25) is 15.1 Å². The van der Waals surface area contributed by atoms with Crippen LogP contribution >= 0.6 is 34.8 Å². The van der Waals surface area contributed by atoms with E-state index in [2.05, 4.69) is 0 Å². The number of hydrogen-bond donors (Lipinski definition) is 0. The van der Waals surface area contributed by atoms with E-state index in [1.807, 2.05) is 6.07 Å². The van der Waals surface area contributed by atoms with Crippen LogP contribution in [0.3, 0.4) is 0 Å². The Kier molecular flexibility index (Phi) is 5.02. The summed E-state index contributed by atoms with van der Waals surface area (Å²) in [5.41, 5.74) is 1.20. The summed E-state index contributed by atoms with van der Waals surface area (Å²) in [6, 6.07) is 8.29. The number of fused-ring (bicyclic) bond motifs is 1. The molecule has 132 valence electrons. The molecule has 1 heterocycles. The number of hydrogen-bond acceptors (Lipinski definition) is 1. The maximum absolute atomic E-state index is 14.4. The normalized spacial score (nSPS) is 14.4. The highest BCUT2D eigenvalue weighted by Gasteiger charge is 2.37. The van der Waals surface area contributed by atoms with Crippen LogP contribution in [-0.4, -0.2) is 17.4 Å². The van der Waals surface area contributed by atoms with Crippen LogP contribution < -0.4 is 0 Å². The van der Waals surface area contributed by atoms with Gasteiger partial charge in [-0.05, 0) is 49.6 Å². The van der Waals surface area contributed by atoms with Gasteiger partial charge in [-0.3, -0.25) is 4.79 Å². The van der Waals surface area contributed by atoms with Gasteiger partial charge in [0.05, 0.1) is 10.4 Å². The first-order chi connectivity index (χ1) is 11.7. The second kappa shape index (κ2) is 6.79. The zero-order valence-corrected chi connectivity index (χ0v) is 16.1. The molecular formula is C19H17Cl3FNO. The van der Waals surface area contributed by atoms with Crippen molar-refractivity contribution in [1.82, 2.24) is 4.90 Å². The third kappa shape index (κ3) is 3.38. The van der Waals surface area contributed by atoms with E-state index in [0.717, 1.165) is 11.1 Å². The first kappa shape index (κ1) is 18.5. The lowest BCUT2D eigenvalue weighted by Crippen LogP contribution is -2.46. The van der Waals surface area contributed by atoms with Crippen molar-refractivity contribution in [2.24, 2.45) is 0 Å². The molecule has 0 saturated carbocycles. The molecule has 0 bridgehead atoms. The molecule has 1 aliphatic heterocycles. The summed E-state index contributed by atoms with van der Waals surface area (Å²) < 4.78 is 14.4. The average Bonchev–Trinajstić information content (AvgIpc) is 2.56. The summed E-state index contributed by atoms with van der Waals surface area (Å²) in [7, 11) is 0. The Hall–Kier alpha value is -1.29. The van der Waals surface area contributed by atoms with E-state index in [9.17, 15) is 9.18 Å². The molecule has 3 rings (SSSR count). The zero-order chi connectivity index (χ0) is 18.4. The van der Waals surface area contributed by atoms with Crippen molar-refractivity contribution in [1.29, 1.82) is 0 Å². The molecule has 6 heteroatoms. The lowest BCUT2D eigenvalue weighted by atomic mass is 9.82. The minimum Gasteiger partial charge on any atom is -0.337 e. The van der Waals surface area contributed by atoms with E-state index in [1.165, 1.54) is 6.07 Å². The number of carbonyl (C=O) groups is 1. The molecule has 1 amide bonds. The summed E-state index contributed by atoms with van der Waals surface area (Å²) in [5, 5.41) is 1.15. The molecule has 1 aliphatic rings. The van der Waals surface area contributed by atoms with Gasteiger partial charge in [0.2, 0.25) is 5.91 Å². The van der Waals surface area contributed by atoms with Gasteiger partial charge in [-0.1, -0.05) is 46.9 Å². The molecule has 0 unspecified atom stereocenters. The second-order valence-corrected chi connectivity index (χ2v) is 7.98. The lowest BCUT2D eigenvalue weighted by molar-refractivity contribution is -0.137. The van der Waals surface area contributed by atoms with Gasteiger partial charge in [0.15, 0.2) is 0 Å². The molecule has 0 aromatic heterocycles. The van der Waals surface area contributed by atoms with Crippen molar-refractivity contribution in [2.75, 3.05) is 6.54 Å². The molecule has 0 fully saturated rings. The van der Waals surface area contributed by atoms with Crippen LogP contribution in [0.1, 0.15) is 30.5 Å². The third-order valence-corrected chi connectivity index (χ3v) is 5.55. The smallest absolute Gasteiger partial charge is 0.233 e. The summed E-state index contributed by atoms with van der Waals surface area (Å²) in [4.78, 5) is 14.8. The molecular weight excluding hydrogens is 384 g/mol. The van der Waals surface area contributed by atoms with E-state index in [0.29, 0.717) is 29.6 Å². The van der Waals surface area contributed by atoms with E-state index in [4.69, 9.17) is 34.8 Å². The van der Waals surface area contributed by atoms with E-state index in [-0.39, 0.29) is 16.5 Å². The first-order valence-electron chi connectivity index (χ1n) is 7.92. The van der Waals surface area contributed by atoms with Crippen molar-refractivity contribution in [3.05, 3.63) is 67.9 Å². The second-order valence-electron chi connectivity index (χ2n) is 6.73. The number of benzene rings is 2. The third-order valence-electron chi connectivity index (χ3n) is 4.70. The largest absolute Gasteiger partial charge is 0.337 e. The molecule has 2 aromatic carbocycles. The Bertz CT molecular complexity index is 851. The summed E-state index contributed by atoms with van der Waals surface area (Å²) in [5.74, 6) is -0.713. The quantitative estimate of drug-likeness (QED) is 0.638. The van der Waals surface area contributed by atoms with Crippen LogP contribution in [0.5, 0.6) is 0 Å². The van der Waals surface area contributed by atoms with E-state index in [1.54, 1.807) is 36.9 Å². The van der Waals surface area contributed by atoms with Crippen LogP contribution in [0.15, 0.2) is 30.3 Å². The molecule has 25 heavy (non-hydrogen) atoms. The van der Waals surface area contributed by atoms with Crippen LogP contribution in [0, 0.1) is 5.82 Å². The molecule has 0 saturated heterocycles. The average molecular weight is 401 g/mol. The Morgan fingerprint density at radius 1 is 1.16 bits per heavy atom. The standard InChI is InChI=1S/C19H17Cl3FNO/c1-19(2,14-4-3-5-15(21)17(14)23)18(25)24-7-6-11-8-12(20)9-16(22)13(11)10-24/h3-5,8-9H,6-7,10H2,1-2H3. The molecule has 2 nitrogen and oxygen atoms in total. The molecule has 0 spiro atoms. The minimum absolute atomic E-state index is 0.0139. The van der Waals surface area contributed by atoms with Crippen molar-refractivity contribution in [2.45, 2.75) is 32.2 Å². The molecule has 0 radical (unpaired) electrons. The summed E-state index contributed by atoms with van der Waals surface area (Å²) >= 11 is 18.2. The fourth-order valence-electron chi connectivity index (χ4n) is 3.25. The fourth-order valence-corrected chi connectivity index (χ4v) is 4.02. The van der Waals surface area contributed by atoms with Crippen molar-refractivity contribution >= 4 is 40.7 Å². The Morgan fingerprint density at radius 2 is 1.88 bits per heavy atom. The van der Waals surface area contributed by atoms with Gasteiger partial charge >= 0.3 is 0 Å². The Labute approximate surface area is 161 Å². The molecule has 0 aliphatic carbocycles. The van der Waals surface area contributed by atoms with E-state index < -0.39 is 11.2 Å². The number of rotatable bonds is 2. The van der Waals surface area contributed by atoms with Crippen molar-refractivity contribution < 1.29 is 9.18 Å². The fraction of sp³-hybridized carbons (Fsp3) is 0.316. The number of nitrogens with zero attached hydrogens (tertiary/aromatic N) is 1. The maximum Gasteiger partial charge on any atom is 0.233 e. The van der Waals surface area contributed by atoms with Crippen molar-refractivity contribution in [3.8, 4) is 0 Å². The number of carbonyl (C=O) groups excluding carboxylic acids is 1. The van der Waals surface area contributed by atoms with Gasteiger partial charge in [0, 0.05) is 28.7 Å². The zero-order valence-electron chi connectivity index (χ0n) is 13.9. The number of halogens is 4. The van der Waals surface area contributed by atoms with E-state index >= 15 is 0 Å². The SMILES string of the molecule is CC(C)(C(=O)N1CCc2cc(Cl)cc(Cl)c2C1)c1cccc(Cl)c1F. The van der Waals surface area contributed by atoms with Crippen LogP contribution in [0.25, 0.3) is 0 Å². The van der Waals surface area contributed by atoms with Gasteiger partial charge in [0.1, 0.15) is 5.82 Å². The topological polar surface area (TPSA) is 20.3 Å².